The number of hydrogen-bond donors (Lipinski definition) is 0. The zero-order chi connectivity index (χ0) is 22.5. The molecule has 0 fully saturated rings. The van der Waals surface area contributed by atoms with Crippen LogP contribution in [0.3, 0.4) is 0 Å². The summed E-state index contributed by atoms with van der Waals surface area (Å²) < 4.78 is 11.9. The quantitative estimate of drug-likeness (QED) is 0.177. The van der Waals surface area contributed by atoms with Crippen molar-refractivity contribution in [3.63, 3.8) is 0 Å². The summed E-state index contributed by atoms with van der Waals surface area (Å²) in [6.07, 6.45) is 0. The van der Waals surface area contributed by atoms with E-state index in [4.69, 9.17) is 9.47 Å². The standard InChI is InChI=1S/C26H20O4S2/c1-17-9-3-5-11-19(17)23(29-25(27)21-13-7-15-31-21)24(20-12-6-4-10-18(20)2)30-26(28)22-14-8-16-32-22/h3-16H,1-2H3. The number of esters is 2. The van der Waals surface area contributed by atoms with E-state index in [1.54, 1.807) is 24.3 Å². The minimum absolute atomic E-state index is 0.209. The van der Waals surface area contributed by atoms with Gasteiger partial charge >= 0.3 is 11.9 Å². The van der Waals surface area contributed by atoms with Gasteiger partial charge in [-0.2, -0.15) is 0 Å². The van der Waals surface area contributed by atoms with Gasteiger partial charge in [-0.15, -0.1) is 22.7 Å². The van der Waals surface area contributed by atoms with E-state index in [-0.39, 0.29) is 11.5 Å². The summed E-state index contributed by atoms with van der Waals surface area (Å²) in [6, 6.07) is 22.1. The van der Waals surface area contributed by atoms with Crippen LogP contribution in [0.4, 0.5) is 0 Å². The Morgan fingerprint density at radius 2 is 1.00 bits per heavy atom. The monoisotopic (exact) mass is 460 g/mol. The molecule has 0 bridgehead atoms. The summed E-state index contributed by atoms with van der Waals surface area (Å²) >= 11 is 2.58. The molecule has 0 unspecified atom stereocenters. The molecule has 0 saturated heterocycles. The van der Waals surface area contributed by atoms with Crippen molar-refractivity contribution in [1.82, 2.24) is 0 Å². The van der Waals surface area contributed by atoms with Gasteiger partial charge in [0.05, 0.1) is 0 Å². The van der Waals surface area contributed by atoms with E-state index in [0.29, 0.717) is 20.9 Å². The lowest BCUT2D eigenvalue weighted by atomic mass is 10.0. The lowest BCUT2D eigenvalue weighted by molar-refractivity contribution is 0.0652. The third-order valence-corrected chi connectivity index (χ3v) is 6.52. The zero-order valence-corrected chi connectivity index (χ0v) is 19.2. The van der Waals surface area contributed by atoms with Gasteiger partial charge < -0.3 is 9.47 Å². The summed E-state index contributed by atoms with van der Waals surface area (Å²) in [5.41, 5.74) is 3.13. The Kier molecular flexibility index (Phi) is 6.63. The first kappa shape index (κ1) is 21.7. The summed E-state index contributed by atoms with van der Waals surface area (Å²) in [7, 11) is 0. The molecule has 2 aromatic heterocycles. The molecule has 0 aliphatic carbocycles. The van der Waals surface area contributed by atoms with Crippen LogP contribution in [0.1, 0.15) is 41.6 Å². The third kappa shape index (κ3) is 4.72. The normalized spacial score (nSPS) is 11.6. The molecule has 0 amide bonds. The molecule has 2 aromatic carbocycles. The number of hydrogen-bond acceptors (Lipinski definition) is 6. The Hall–Kier alpha value is -3.48. The van der Waals surface area contributed by atoms with Crippen molar-refractivity contribution >= 4 is 46.1 Å². The molecule has 160 valence electrons. The van der Waals surface area contributed by atoms with Crippen LogP contribution in [-0.4, -0.2) is 11.9 Å². The first-order valence-electron chi connectivity index (χ1n) is 9.92. The van der Waals surface area contributed by atoms with E-state index in [1.807, 2.05) is 73.1 Å². The predicted octanol–water partition coefficient (Wildman–Crippen LogP) is 6.97. The number of thiophene rings is 2. The summed E-state index contributed by atoms with van der Waals surface area (Å²) in [6.45, 7) is 3.84. The lowest BCUT2D eigenvalue weighted by Crippen LogP contribution is -2.11. The van der Waals surface area contributed by atoms with E-state index in [9.17, 15) is 9.59 Å². The van der Waals surface area contributed by atoms with Crippen LogP contribution >= 0.6 is 22.7 Å². The second-order valence-corrected chi connectivity index (χ2v) is 8.92. The molecule has 2 heterocycles. The predicted molar refractivity (Wildman–Crippen MR) is 129 cm³/mol. The molecule has 4 aromatic rings. The van der Waals surface area contributed by atoms with Gasteiger partial charge in [0, 0.05) is 11.1 Å². The van der Waals surface area contributed by atoms with Crippen molar-refractivity contribution in [3.05, 3.63) is 116 Å². The minimum atomic E-state index is -0.503. The zero-order valence-electron chi connectivity index (χ0n) is 17.5. The molecule has 0 N–H and O–H groups in total. The Labute approximate surface area is 194 Å². The average molecular weight is 461 g/mol. The van der Waals surface area contributed by atoms with E-state index in [1.165, 1.54) is 22.7 Å². The maximum atomic E-state index is 13.0. The third-order valence-electron chi connectivity index (χ3n) is 4.82. The maximum absolute atomic E-state index is 13.0. The Balaban J connectivity index is 1.91. The van der Waals surface area contributed by atoms with Crippen LogP contribution in [0.25, 0.3) is 11.5 Å². The number of carbonyl (C=O) groups excluding carboxylic acids is 2. The van der Waals surface area contributed by atoms with Gasteiger partial charge in [-0.3, -0.25) is 0 Å². The van der Waals surface area contributed by atoms with Crippen molar-refractivity contribution in [1.29, 1.82) is 0 Å². The highest BCUT2D eigenvalue weighted by atomic mass is 32.1. The Bertz CT molecular complexity index is 1170. The van der Waals surface area contributed by atoms with Crippen LogP contribution in [0.2, 0.25) is 0 Å². The van der Waals surface area contributed by atoms with Crippen LogP contribution in [0.15, 0.2) is 83.6 Å². The maximum Gasteiger partial charge on any atom is 0.353 e. The van der Waals surface area contributed by atoms with Crippen molar-refractivity contribution in [2.45, 2.75) is 13.8 Å². The van der Waals surface area contributed by atoms with Gasteiger partial charge in [0.15, 0.2) is 11.5 Å². The van der Waals surface area contributed by atoms with E-state index in [2.05, 4.69) is 0 Å². The minimum Gasteiger partial charge on any atom is -0.418 e. The SMILES string of the molecule is Cc1ccccc1C(OC(=O)c1cccs1)=C(OC(=O)c1cccs1)c1ccccc1C. The second kappa shape index (κ2) is 9.77. The summed E-state index contributed by atoms with van der Waals surface area (Å²) in [4.78, 5) is 26.8. The number of aryl methyl sites for hydroxylation is 2. The highest BCUT2D eigenvalue weighted by molar-refractivity contribution is 7.12. The highest BCUT2D eigenvalue weighted by Crippen LogP contribution is 2.34. The van der Waals surface area contributed by atoms with Crippen molar-refractivity contribution in [2.75, 3.05) is 0 Å². The molecule has 0 spiro atoms. The number of rotatable bonds is 6. The molecule has 4 nitrogen and oxygen atoms in total. The largest absolute Gasteiger partial charge is 0.418 e. The van der Waals surface area contributed by atoms with Gasteiger partial charge in [-0.1, -0.05) is 60.7 Å². The first-order valence-corrected chi connectivity index (χ1v) is 11.7. The Morgan fingerprint density at radius 1 is 0.594 bits per heavy atom. The van der Waals surface area contributed by atoms with E-state index < -0.39 is 11.9 Å². The fourth-order valence-corrected chi connectivity index (χ4v) is 4.38. The highest BCUT2D eigenvalue weighted by Gasteiger charge is 2.25. The van der Waals surface area contributed by atoms with Gasteiger partial charge in [0.1, 0.15) is 9.75 Å². The molecular formula is C26H20O4S2. The number of ether oxygens (including phenoxy) is 2. The van der Waals surface area contributed by atoms with Gasteiger partial charge in [0.2, 0.25) is 0 Å². The molecule has 32 heavy (non-hydrogen) atoms. The molecule has 0 aliphatic heterocycles. The van der Waals surface area contributed by atoms with Crippen molar-refractivity contribution < 1.29 is 19.1 Å². The van der Waals surface area contributed by atoms with Crippen LogP contribution in [-0.2, 0) is 9.47 Å². The second-order valence-electron chi connectivity index (χ2n) is 7.02. The molecule has 0 atom stereocenters. The lowest BCUT2D eigenvalue weighted by Gasteiger charge is -2.18. The number of carbonyl (C=O) groups is 2. The van der Waals surface area contributed by atoms with Gasteiger partial charge in [-0.25, -0.2) is 9.59 Å². The fourth-order valence-electron chi connectivity index (χ4n) is 3.18. The average Bonchev–Trinajstić information content (AvgIpc) is 3.52. The summed E-state index contributed by atoms with van der Waals surface area (Å²) in [5.74, 6) is -0.588. The van der Waals surface area contributed by atoms with Gasteiger partial charge in [0.25, 0.3) is 0 Å². The van der Waals surface area contributed by atoms with Crippen LogP contribution < -0.4 is 0 Å². The first-order chi connectivity index (χ1) is 15.5. The van der Waals surface area contributed by atoms with Crippen molar-refractivity contribution in [2.24, 2.45) is 0 Å². The van der Waals surface area contributed by atoms with Crippen LogP contribution in [0.5, 0.6) is 0 Å². The van der Waals surface area contributed by atoms with E-state index >= 15 is 0 Å². The summed E-state index contributed by atoms with van der Waals surface area (Å²) in [5, 5.41) is 3.62. The van der Waals surface area contributed by atoms with E-state index in [0.717, 1.165) is 11.1 Å². The molecule has 0 radical (unpaired) electrons. The van der Waals surface area contributed by atoms with Gasteiger partial charge in [-0.05, 0) is 47.9 Å². The Morgan fingerprint density at radius 3 is 1.34 bits per heavy atom. The topological polar surface area (TPSA) is 52.6 Å². The molecule has 0 aliphatic rings. The van der Waals surface area contributed by atoms with Crippen molar-refractivity contribution in [3.8, 4) is 0 Å². The molecule has 0 saturated carbocycles. The smallest absolute Gasteiger partial charge is 0.353 e. The molecule has 4 rings (SSSR count). The number of benzene rings is 2. The van der Waals surface area contributed by atoms with Crippen LogP contribution in [0, 0.1) is 13.8 Å². The molecular weight excluding hydrogens is 440 g/mol. The molecule has 6 heteroatoms. The fraction of sp³-hybridized carbons (Fsp3) is 0.0769.